The first-order valence-corrected chi connectivity index (χ1v) is 8.53. The predicted octanol–water partition coefficient (Wildman–Crippen LogP) is 5.44. The summed E-state index contributed by atoms with van der Waals surface area (Å²) >= 11 is 1.33. The van der Waals surface area contributed by atoms with Gasteiger partial charge in [-0.3, -0.25) is 4.79 Å². The number of rotatable bonds is 5. The van der Waals surface area contributed by atoms with Crippen molar-refractivity contribution in [2.45, 2.75) is 10.1 Å². The van der Waals surface area contributed by atoms with Crippen LogP contribution in [0.5, 0.6) is 0 Å². The topological polar surface area (TPSA) is 29.1 Å². The summed E-state index contributed by atoms with van der Waals surface area (Å²) < 4.78 is 26.1. The second-order valence-corrected chi connectivity index (χ2v) is 6.54. The zero-order valence-corrected chi connectivity index (χ0v) is 14.0. The summed E-state index contributed by atoms with van der Waals surface area (Å²) in [5.74, 6) is -0.915. The van der Waals surface area contributed by atoms with E-state index in [0.717, 1.165) is 10.5 Å². The molecule has 25 heavy (non-hydrogen) atoms. The molecule has 0 unspecified atom stereocenters. The van der Waals surface area contributed by atoms with Crippen LogP contribution < -0.4 is 5.32 Å². The molecule has 5 heteroatoms. The first kappa shape index (κ1) is 17.2. The minimum Gasteiger partial charge on any atom is -0.325 e. The van der Waals surface area contributed by atoms with Crippen molar-refractivity contribution in [3.05, 3.63) is 96.1 Å². The van der Waals surface area contributed by atoms with E-state index in [1.165, 1.54) is 48.2 Å². The van der Waals surface area contributed by atoms with Gasteiger partial charge in [-0.05, 0) is 54.1 Å². The zero-order chi connectivity index (χ0) is 17.6. The standard InChI is InChI=1S/C20H15F2NOS/c21-15-6-10-17(11-7-15)23-20(24)19(14-4-2-1-3-5-14)25-18-12-8-16(22)9-13-18/h1-13,19H,(H,23,24)/t19-/m0/s1. The third-order valence-electron chi connectivity index (χ3n) is 3.52. The van der Waals surface area contributed by atoms with Crippen LogP contribution in [0, 0.1) is 11.6 Å². The maximum atomic E-state index is 13.1. The fourth-order valence-electron chi connectivity index (χ4n) is 2.29. The van der Waals surface area contributed by atoms with Gasteiger partial charge in [0, 0.05) is 10.6 Å². The van der Waals surface area contributed by atoms with Crippen LogP contribution in [0.2, 0.25) is 0 Å². The van der Waals surface area contributed by atoms with Gasteiger partial charge < -0.3 is 5.32 Å². The van der Waals surface area contributed by atoms with Crippen LogP contribution in [0.1, 0.15) is 10.8 Å². The average molecular weight is 355 g/mol. The summed E-state index contributed by atoms with van der Waals surface area (Å²) in [6, 6.07) is 20.9. The summed E-state index contributed by atoms with van der Waals surface area (Å²) in [6.45, 7) is 0. The van der Waals surface area contributed by atoms with Crippen molar-refractivity contribution in [3.8, 4) is 0 Å². The van der Waals surface area contributed by atoms with E-state index in [4.69, 9.17) is 0 Å². The zero-order valence-electron chi connectivity index (χ0n) is 13.2. The molecule has 0 saturated heterocycles. The molecule has 2 nitrogen and oxygen atoms in total. The molecule has 3 aromatic rings. The van der Waals surface area contributed by atoms with Crippen LogP contribution in [-0.2, 0) is 4.79 Å². The van der Waals surface area contributed by atoms with E-state index in [-0.39, 0.29) is 17.5 Å². The maximum absolute atomic E-state index is 13.1. The van der Waals surface area contributed by atoms with E-state index in [2.05, 4.69) is 5.32 Å². The molecule has 0 spiro atoms. The average Bonchev–Trinajstić information content (AvgIpc) is 2.64. The van der Waals surface area contributed by atoms with E-state index < -0.39 is 5.25 Å². The summed E-state index contributed by atoms with van der Waals surface area (Å²) in [5.41, 5.74) is 1.35. The summed E-state index contributed by atoms with van der Waals surface area (Å²) in [5, 5.41) is 2.28. The largest absolute Gasteiger partial charge is 0.325 e. The highest BCUT2D eigenvalue weighted by Gasteiger charge is 2.22. The predicted molar refractivity (Wildman–Crippen MR) is 96.5 cm³/mol. The van der Waals surface area contributed by atoms with E-state index in [9.17, 15) is 13.6 Å². The van der Waals surface area contributed by atoms with Gasteiger partial charge in [-0.25, -0.2) is 8.78 Å². The van der Waals surface area contributed by atoms with Crippen molar-refractivity contribution < 1.29 is 13.6 Å². The third-order valence-corrected chi connectivity index (χ3v) is 4.79. The second kappa shape index (κ2) is 7.94. The molecule has 0 aliphatic rings. The van der Waals surface area contributed by atoms with Gasteiger partial charge in [0.15, 0.2) is 0 Å². The van der Waals surface area contributed by atoms with Gasteiger partial charge in [-0.15, -0.1) is 11.8 Å². The van der Waals surface area contributed by atoms with Gasteiger partial charge in [-0.1, -0.05) is 30.3 Å². The Morgan fingerprint density at radius 3 is 1.96 bits per heavy atom. The number of amides is 1. The third kappa shape index (κ3) is 4.67. The molecule has 0 radical (unpaired) electrons. The smallest absolute Gasteiger partial charge is 0.242 e. The molecule has 0 fully saturated rings. The summed E-state index contributed by atoms with van der Waals surface area (Å²) in [6.07, 6.45) is 0. The van der Waals surface area contributed by atoms with Gasteiger partial charge in [0.05, 0.1) is 0 Å². The minimum atomic E-state index is -0.517. The number of carbonyl (C=O) groups is 1. The van der Waals surface area contributed by atoms with Crippen LogP contribution in [0.3, 0.4) is 0 Å². The maximum Gasteiger partial charge on any atom is 0.242 e. The van der Waals surface area contributed by atoms with Gasteiger partial charge in [0.1, 0.15) is 16.9 Å². The number of nitrogens with one attached hydrogen (secondary N) is 1. The van der Waals surface area contributed by atoms with Gasteiger partial charge in [0.25, 0.3) is 0 Å². The fourth-order valence-corrected chi connectivity index (χ4v) is 3.32. The number of thioether (sulfide) groups is 1. The van der Waals surface area contributed by atoms with E-state index in [0.29, 0.717) is 5.69 Å². The number of hydrogen-bond acceptors (Lipinski definition) is 2. The molecule has 0 saturated carbocycles. The van der Waals surface area contributed by atoms with E-state index in [1.807, 2.05) is 30.3 Å². The number of hydrogen-bond donors (Lipinski definition) is 1. The van der Waals surface area contributed by atoms with Crippen molar-refractivity contribution >= 4 is 23.4 Å². The van der Waals surface area contributed by atoms with Crippen molar-refractivity contribution in [1.82, 2.24) is 0 Å². The number of halogens is 2. The van der Waals surface area contributed by atoms with E-state index in [1.54, 1.807) is 12.1 Å². The lowest BCUT2D eigenvalue weighted by Gasteiger charge is -2.17. The molecule has 0 aromatic heterocycles. The molecule has 1 atom stereocenters. The normalized spacial score (nSPS) is 11.8. The molecule has 1 N–H and O–H groups in total. The Bertz CT molecular complexity index is 836. The lowest BCUT2D eigenvalue weighted by Crippen LogP contribution is -2.19. The quantitative estimate of drug-likeness (QED) is 0.618. The Balaban J connectivity index is 1.83. The highest BCUT2D eigenvalue weighted by molar-refractivity contribution is 8.00. The number of anilines is 1. The molecule has 3 rings (SSSR count). The first-order valence-electron chi connectivity index (χ1n) is 7.65. The Labute approximate surface area is 148 Å². The van der Waals surface area contributed by atoms with Crippen molar-refractivity contribution in [1.29, 1.82) is 0 Å². The van der Waals surface area contributed by atoms with Crippen LogP contribution >= 0.6 is 11.8 Å². The minimum absolute atomic E-state index is 0.230. The first-order chi connectivity index (χ1) is 12.1. The van der Waals surface area contributed by atoms with Crippen molar-refractivity contribution in [2.24, 2.45) is 0 Å². The van der Waals surface area contributed by atoms with Gasteiger partial charge in [0.2, 0.25) is 5.91 Å². The molecule has 3 aromatic carbocycles. The SMILES string of the molecule is O=C(Nc1ccc(F)cc1)[C@@H](Sc1ccc(F)cc1)c1ccccc1. The lowest BCUT2D eigenvalue weighted by molar-refractivity contribution is -0.115. The highest BCUT2D eigenvalue weighted by Crippen LogP contribution is 2.36. The molecule has 0 aliphatic carbocycles. The Morgan fingerprint density at radius 1 is 0.800 bits per heavy atom. The van der Waals surface area contributed by atoms with Crippen LogP contribution in [0.15, 0.2) is 83.8 Å². The monoisotopic (exact) mass is 355 g/mol. The fraction of sp³-hybridized carbons (Fsp3) is 0.0500. The van der Waals surface area contributed by atoms with Crippen molar-refractivity contribution in [3.63, 3.8) is 0 Å². The van der Waals surface area contributed by atoms with Crippen LogP contribution in [0.4, 0.5) is 14.5 Å². The van der Waals surface area contributed by atoms with Gasteiger partial charge in [-0.2, -0.15) is 0 Å². The molecule has 1 amide bonds. The molecule has 0 bridgehead atoms. The number of carbonyl (C=O) groups excluding carboxylic acids is 1. The number of benzene rings is 3. The molecule has 0 heterocycles. The highest BCUT2D eigenvalue weighted by atomic mass is 32.2. The molecule has 126 valence electrons. The lowest BCUT2D eigenvalue weighted by atomic mass is 10.1. The second-order valence-electron chi connectivity index (χ2n) is 5.36. The van der Waals surface area contributed by atoms with E-state index >= 15 is 0 Å². The van der Waals surface area contributed by atoms with Crippen LogP contribution in [-0.4, -0.2) is 5.91 Å². The van der Waals surface area contributed by atoms with Gasteiger partial charge >= 0.3 is 0 Å². The summed E-state index contributed by atoms with van der Waals surface area (Å²) in [7, 11) is 0. The molecular formula is C20H15F2NOS. The van der Waals surface area contributed by atoms with Crippen LogP contribution in [0.25, 0.3) is 0 Å². The Hall–Kier alpha value is -2.66. The Kier molecular flexibility index (Phi) is 5.46. The summed E-state index contributed by atoms with van der Waals surface area (Å²) in [4.78, 5) is 13.6. The van der Waals surface area contributed by atoms with Crippen molar-refractivity contribution in [2.75, 3.05) is 5.32 Å². The molecular weight excluding hydrogens is 340 g/mol. The molecule has 0 aliphatic heterocycles. The Morgan fingerprint density at radius 2 is 1.36 bits per heavy atom.